The number of carbonyl (C=O) groups is 1. The Balaban J connectivity index is 2.78. The average Bonchev–Trinajstić information content (AvgIpc) is 2.28. The Morgan fingerprint density at radius 2 is 2.00 bits per heavy atom. The van der Waals surface area contributed by atoms with E-state index in [0.29, 0.717) is 17.7 Å². The van der Waals surface area contributed by atoms with E-state index >= 15 is 0 Å². The van der Waals surface area contributed by atoms with Crippen molar-refractivity contribution in [1.82, 2.24) is 0 Å². The van der Waals surface area contributed by atoms with Crippen LogP contribution in [0.3, 0.4) is 0 Å². The number of hydrogen-bond acceptors (Lipinski definition) is 3. The standard InChI is InChI=1S/C15H23NO2/c1-4-7-12(16)10-14(17)13-8-5-6-9-15(13)18-11(2)3/h5-6,8-9,11-12H,4,7,10,16H2,1-3H3. The van der Waals surface area contributed by atoms with Crippen molar-refractivity contribution in [2.45, 2.75) is 52.2 Å². The molecule has 0 aliphatic rings. The van der Waals surface area contributed by atoms with E-state index in [9.17, 15) is 4.79 Å². The van der Waals surface area contributed by atoms with Crippen molar-refractivity contribution in [2.75, 3.05) is 0 Å². The first-order valence-corrected chi connectivity index (χ1v) is 6.59. The van der Waals surface area contributed by atoms with E-state index in [-0.39, 0.29) is 17.9 Å². The van der Waals surface area contributed by atoms with Crippen LogP contribution in [-0.2, 0) is 0 Å². The Hall–Kier alpha value is -1.35. The lowest BCUT2D eigenvalue weighted by molar-refractivity contribution is 0.0967. The topological polar surface area (TPSA) is 52.3 Å². The zero-order valence-corrected chi connectivity index (χ0v) is 11.5. The van der Waals surface area contributed by atoms with Crippen molar-refractivity contribution in [3.05, 3.63) is 29.8 Å². The van der Waals surface area contributed by atoms with E-state index in [2.05, 4.69) is 6.92 Å². The van der Waals surface area contributed by atoms with Gasteiger partial charge in [-0.3, -0.25) is 4.79 Å². The summed E-state index contributed by atoms with van der Waals surface area (Å²) in [5, 5.41) is 0. The summed E-state index contributed by atoms with van der Waals surface area (Å²) in [6, 6.07) is 7.30. The summed E-state index contributed by atoms with van der Waals surface area (Å²) >= 11 is 0. The van der Waals surface area contributed by atoms with Gasteiger partial charge in [-0.25, -0.2) is 0 Å². The molecule has 3 nitrogen and oxygen atoms in total. The van der Waals surface area contributed by atoms with Crippen molar-refractivity contribution >= 4 is 5.78 Å². The molecule has 1 unspecified atom stereocenters. The molecule has 1 rings (SSSR count). The van der Waals surface area contributed by atoms with Gasteiger partial charge in [0, 0.05) is 12.5 Å². The van der Waals surface area contributed by atoms with Crippen LogP contribution in [0.1, 0.15) is 50.4 Å². The summed E-state index contributed by atoms with van der Waals surface area (Å²) < 4.78 is 5.65. The lowest BCUT2D eigenvalue weighted by atomic mass is 10.0. The molecule has 3 heteroatoms. The van der Waals surface area contributed by atoms with Crippen LogP contribution < -0.4 is 10.5 Å². The normalized spacial score (nSPS) is 12.5. The minimum Gasteiger partial charge on any atom is -0.490 e. The molecule has 18 heavy (non-hydrogen) atoms. The molecule has 1 aromatic rings. The Kier molecular flexibility index (Phi) is 5.86. The zero-order valence-electron chi connectivity index (χ0n) is 11.5. The van der Waals surface area contributed by atoms with Gasteiger partial charge >= 0.3 is 0 Å². The van der Waals surface area contributed by atoms with Crippen molar-refractivity contribution < 1.29 is 9.53 Å². The first kappa shape index (κ1) is 14.7. The van der Waals surface area contributed by atoms with Crippen LogP contribution in [0.25, 0.3) is 0 Å². The Morgan fingerprint density at radius 3 is 2.61 bits per heavy atom. The minimum atomic E-state index is -0.0605. The summed E-state index contributed by atoms with van der Waals surface area (Å²) in [5.41, 5.74) is 6.55. The maximum absolute atomic E-state index is 12.2. The van der Waals surface area contributed by atoms with Gasteiger partial charge in [-0.05, 0) is 32.4 Å². The second kappa shape index (κ2) is 7.17. The molecule has 1 aromatic carbocycles. The van der Waals surface area contributed by atoms with Crippen LogP contribution in [-0.4, -0.2) is 17.9 Å². The van der Waals surface area contributed by atoms with Crippen LogP contribution >= 0.6 is 0 Å². The maximum atomic E-state index is 12.2. The van der Waals surface area contributed by atoms with Crippen molar-refractivity contribution in [1.29, 1.82) is 0 Å². The fourth-order valence-electron chi connectivity index (χ4n) is 1.87. The SMILES string of the molecule is CCCC(N)CC(=O)c1ccccc1OC(C)C. The van der Waals surface area contributed by atoms with Gasteiger partial charge in [-0.1, -0.05) is 25.5 Å². The van der Waals surface area contributed by atoms with Crippen LogP contribution in [0.2, 0.25) is 0 Å². The molecule has 0 spiro atoms. The van der Waals surface area contributed by atoms with Gasteiger partial charge in [0.25, 0.3) is 0 Å². The Morgan fingerprint density at radius 1 is 1.33 bits per heavy atom. The highest BCUT2D eigenvalue weighted by atomic mass is 16.5. The molecule has 0 bridgehead atoms. The Bertz CT molecular complexity index is 388. The summed E-state index contributed by atoms with van der Waals surface area (Å²) in [4.78, 5) is 12.2. The molecule has 0 radical (unpaired) electrons. The van der Waals surface area contributed by atoms with Gasteiger partial charge in [0.1, 0.15) is 5.75 Å². The molecule has 0 aromatic heterocycles. The molecule has 100 valence electrons. The highest BCUT2D eigenvalue weighted by molar-refractivity contribution is 5.99. The first-order chi connectivity index (χ1) is 8.54. The summed E-state index contributed by atoms with van der Waals surface area (Å²) in [7, 11) is 0. The highest BCUT2D eigenvalue weighted by Gasteiger charge is 2.15. The third-order valence-corrected chi connectivity index (χ3v) is 2.66. The van der Waals surface area contributed by atoms with Crippen LogP contribution in [0.5, 0.6) is 5.75 Å². The fourth-order valence-corrected chi connectivity index (χ4v) is 1.87. The van der Waals surface area contributed by atoms with E-state index in [1.165, 1.54) is 0 Å². The second-order valence-corrected chi connectivity index (χ2v) is 4.84. The van der Waals surface area contributed by atoms with Crippen molar-refractivity contribution in [3.8, 4) is 5.75 Å². The minimum absolute atomic E-state index is 0.0586. The summed E-state index contributed by atoms with van der Waals surface area (Å²) in [6.45, 7) is 5.97. The fraction of sp³-hybridized carbons (Fsp3) is 0.533. The monoisotopic (exact) mass is 249 g/mol. The van der Waals surface area contributed by atoms with Gasteiger partial charge in [0.2, 0.25) is 0 Å². The molecule has 1 atom stereocenters. The van der Waals surface area contributed by atoms with Gasteiger partial charge in [0.15, 0.2) is 5.78 Å². The van der Waals surface area contributed by atoms with E-state index in [1.54, 1.807) is 6.07 Å². The molecule has 0 saturated carbocycles. The lowest BCUT2D eigenvalue weighted by Gasteiger charge is -2.15. The predicted octanol–water partition coefficient (Wildman–Crippen LogP) is 3.17. The van der Waals surface area contributed by atoms with Crippen LogP contribution in [0.4, 0.5) is 0 Å². The van der Waals surface area contributed by atoms with Crippen LogP contribution in [0, 0.1) is 0 Å². The lowest BCUT2D eigenvalue weighted by Crippen LogP contribution is -2.24. The maximum Gasteiger partial charge on any atom is 0.168 e. The van der Waals surface area contributed by atoms with E-state index < -0.39 is 0 Å². The number of para-hydroxylation sites is 1. The van der Waals surface area contributed by atoms with Gasteiger partial charge in [-0.2, -0.15) is 0 Å². The molecule has 0 amide bonds. The number of nitrogens with two attached hydrogens (primary N) is 1. The molecular formula is C15H23NO2. The van der Waals surface area contributed by atoms with Crippen molar-refractivity contribution in [2.24, 2.45) is 5.73 Å². The molecule has 0 fully saturated rings. The summed E-state index contributed by atoms with van der Waals surface area (Å²) in [5.74, 6) is 0.716. The molecule has 2 N–H and O–H groups in total. The quantitative estimate of drug-likeness (QED) is 0.755. The Labute approximate surface area is 109 Å². The number of hydrogen-bond donors (Lipinski definition) is 1. The van der Waals surface area contributed by atoms with Gasteiger partial charge < -0.3 is 10.5 Å². The molecule has 0 heterocycles. The predicted molar refractivity (Wildman–Crippen MR) is 74.0 cm³/mol. The smallest absolute Gasteiger partial charge is 0.168 e. The zero-order chi connectivity index (χ0) is 13.5. The van der Waals surface area contributed by atoms with E-state index in [4.69, 9.17) is 10.5 Å². The van der Waals surface area contributed by atoms with Crippen LogP contribution in [0.15, 0.2) is 24.3 Å². The third-order valence-electron chi connectivity index (χ3n) is 2.66. The van der Waals surface area contributed by atoms with Gasteiger partial charge in [0.05, 0.1) is 11.7 Å². The summed E-state index contributed by atoms with van der Waals surface area (Å²) in [6.07, 6.45) is 2.31. The molecule has 0 aliphatic heterocycles. The number of ketones is 1. The number of rotatable bonds is 7. The number of ether oxygens (including phenoxy) is 1. The van der Waals surface area contributed by atoms with Gasteiger partial charge in [-0.15, -0.1) is 0 Å². The molecule has 0 aliphatic carbocycles. The number of carbonyl (C=O) groups excluding carboxylic acids is 1. The average molecular weight is 249 g/mol. The second-order valence-electron chi connectivity index (χ2n) is 4.84. The van der Waals surface area contributed by atoms with Crippen molar-refractivity contribution in [3.63, 3.8) is 0 Å². The molecular weight excluding hydrogens is 226 g/mol. The third kappa shape index (κ3) is 4.49. The number of benzene rings is 1. The first-order valence-electron chi connectivity index (χ1n) is 6.59. The highest BCUT2D eigenvalue weighted by Crippen LogP contribution is 2.21. The number of Topliss-reactive ketones (excluding diaryl/α,β-unsaturated/α-hetero) is 1. The van der Waals surface area contributed by atoms with E-state index in [0.717, 1.165) is 12.8 Å². The molecule has 0 saturated heterocycles. The largest absolute Gasteiger partial charge is 0.490 e. The van der Waals surface area contributed by atoms with E-state index in [1.807, 2.05) is 32.0 Å².